The van der Waals surface area contributed by atoms with Crippen LogP contribution in [-0.2, 0) is 10.8 Å². The summed E-state index contributed by atoms with van der Waals surface area (Å²) in [6.45, 7) is 0.0488. The predicted octanol–water partition coefficient (Wildman–Crippen LogP) is 14.2. The maximum absolute atomic E-state index is 11.4. The first-order valence-corrected chi connectivity index (χ1v) is 19.0. The number of pyridine rings is 1. The Bertz CT molecular complexity index is 3080. The van der Waals surface area contributed by atoms with Crippen LogP contribution in [0.3, 0.4) is 0 Å². The van der Waals surface area contributed by atoms with Crippen LogP contribution in [0.2, 0.25) is 0 Å². The van der Waals surface area contributed by atoms with E-state index in [9.17, 15) is 5.11 Å². The maximum atomic E-state index is 11.4. The lowest BCUT2D eigenvalue weighted by Gasteiger charge is -2.22. The molecular formula is C53H51N3O. The Morgan fingerprint density at radius 2 is 1.32 bits per heavy atom. The van der Waals surface area contributed by atoms with E-state index in [2.05, 4.69) is 49.6 Å². The lowest BCUT2D eigenvalue weighted by molar-refractivity contribution is 0.477. The highest BCUT2D eigenvalue weighted by molar-refractivity contribution is 5.97. The molecule has 2 aromatic heterocycles. The highest BCUT2D eigenvalue weighted by Gasteiger charge is 2.24. The number of rotatable bonds is 7. The van der Waals surface area contributed by atoms with Crippen LogP contribution in [-0.4, -0.2) is 19.6 Å². The fourth-order valence-corrected chi connectivity index (χ4v) is 7.36. The third kappa shape index (κ3) is 7.40. The van der Waals surface area contributed by atoms with E-state index in [1.807, 2.05) is 92.7 Å². The standard InChI is InChI=1S/C53H51N3O/c1-34(2)37-23-26-47(45(32-37)36-15-10-9-11-16-36)56-48-19-14-18-43(50(48)55-51(56)44-17-12-13-20-49(44)57)39-29-40(31-42(30-39)53(6,7)8)46-33-38(27-28-54-46)35-21-24-41(25-22-35)52(3,4)5/h9-34,57H,1-8H3/i3D3,4D3,5D3,34D. The van der Waals surface area contributed by atoms with Gasteiger partial charge in [0.2, 0.25) is 0 Å². The summed E-state index contributed by atoms with van der Waals surface area (Å²) >= 11 is 0. The summed E-state index contributed by atoms with van der Waals surface area (Å²) < 4.78 is 84.4. The third-order valence-electron chi connectivity index (χ3n) is 10.5. The van der Waals surface area contributed by atoms with Crippen LogP contribution in [0.1, 0.15) is 91.5 Å². The second-order valence-electron chi connectivity index (χ2n) is 15.9. The van der Waals surface area contributed by atoms with E-state index in [1.54, 1.807) is 36.5 Å². The molecule has 4 heteroatoms. The molecule has 0 bridgehead atoms. The maximum Gasteiger partial charge on any atom is 0.149 e. The number of aromatic nitrogens is 3. The van der Waals surface area contributed by atoms with Crippen molar-refractivity contribution in [1.29, 1.82) is 0 Å². The molecule has 0 spiro atoms. The first-order valence-electron chi connectivity index (χ1n) is 24.0. The lowest BCUT2D eigenvalue weighted by Crippen LogP contribution is -2.11. The van der Waals surface area contributed by atoms with Crippen LogP contribution >= 0.6 is 0 Å². The molecule has 0 unspecified atom stereocenters. The molecule has 0 fully saturated rings. The molecule has 0 aliphatic rings. The van der Waals surface area contributed by atoms with Crippen molar-refractivity contribution in [3.63, 3.8) is 0 Å². The Morgan fingerprint density at radius 1 is 0.596 bits per heavy atom. The molecule has 57 heavy (non-hydrogen) atoms. The number of hydrogen-bond acceptors (Lipinski definition) is 3. The fourth-order valence-electron chi connectivity index (χ4n) is 7.36. The largest absolute Gasteiger partial charge is 0.507 e. The minimum Gasteiger partial charge on any atom is -0.507 e. The van der Waals surface area contributed by atoms with Gasteiger partial charge in [-0.3, -0.25) is 9.55 Å². The molecule has 2 heterocycles. The van der Waals surface area contributed by atoms with Gasteiger partial charge in [-0.1, -0.05) is 146 Å². The summed E-state index contributed by atoms with van der Waals surface area (Å²) in [5.41, 5.74) is 7.38. The van der Waals surface area contributed by atoms with E-state index in [0.29, 0.717) is 33.7 Å². The first-order chi connectivity index (χ1) is 31.3. The predicted molar refractivity (Wildman–Crippen MR) is 239 cm³/mol. The van der Waals surface area contributed by atoms with Gasteiger partial charge < -0.3 is 5.11 Å². The van der Waals surface area contributed by atoms with Crippen molar-refractivity contribution in [3.8, 4) is 67.5 Å². The third-order valence-corrected chi connectivity index (χ3v) is 10.5. The molecule has 0 aliphatic heterocycles. The van der Waals surface area contributed by atoms with Crippen LogP contribution in [0.15, 0.2) is 152 Å². The van der Waals surface area contributed by atoms with E-state index in [0.717, 1.165) is 50.1 Å². The molecule has 1 N–H and O–H groups in total. The average molecular weight is 756 g/mol. The molecule has 284 valence electrons. The first kappa shape index (κ1) is 27.4. The minimum absolute atomic E-state index is 0.0783. The second kappa shape index (κ2) is 14.7. The normalized spacial score (nSPS) is 15.5. The number of aromatic hydroxyl groups is 1. The number of nitrogens with zero attached hydrogens (tertiary/aromatic N) is 3. The van der Waals surface area contributed by atoms with Gasteiger partial charge in [-0.15, -0.1) is 0 Å². The lowest BCUT2D eigenvalue weighted by atomic mass is 9.83. The summed E-state index contributed by atoms with van der Waals surface area (Å²) in [6, 6.07) is 45.0. The van der Waals surface area contributed by atoms with E-state index >= 15 is 0 Å². The summed E-state index contributed by atoms with van der Waals surface area (Å²) in [7, 11) is 0. The van der Waals surface area contributed by atoms with Crippen molar-refractivity contribution in [1.82, 2.24) is 14.5 Å². The molecule has 0 radical (unpaired) electrons. The van der Waals surface area contributed by atoms with Crippen LogP contribution in [0.5, 0.6) is 5.75 Å². The number of phenols is 1. The number of benzene rings is 6. The smallest absolute Gasteiger partial charge is 0.149 e. The van der Waals surface area contributed by atoms with Gasteiger partial charge in [0.25, 0.3) is 0 Å². The number of hydrogen-bond donors (Lipinski definition) is 1. The van der Waals surface area contributed by atoms with E-state index < -0.39 is 31.9 Å². The van der Waals surface area contributed by atoms with Crippen LogP contribution in [0.4, 0.5) is 0 Å². The van der Waals surface area contributed by atoms with Gasteiger partial charge in [0, 0.05) is 36.6 Å². The molecule has 0 saturated carbocycles. The van der Waals surface area contributed by atoms with Crippen LogP contribution in [0.25, 0.3) is 72.7 Å². The Morgan fingerprint density at radius 3 is 2.04 bits per heavy atom. The molecular weight excluding hydrogens is 695 g/mol. The molecule has 8 rings (SSSR count). The summed E-state index contributed by atoms with van der Waals surface area (Å²) in [6.07, 6.45) is 1.66. The van der Waals surface area contributed by atoms with Gasteiger partial charge >= 0.3 is 0 Å². The monoisotopic (exact) mass is 755 g/mol. The van der Waals surface area contributed by atoms with E-state index in [1.165, 1.54) is 12.1 Å². The van der Waals surface area contributed by atoms with E-state index in [-0.39, 0.29) is 16.7 Å². The molecule has 0 aliphatic carbocycles. The van der Waals surface area contributed by atoms with Crippen LogP contribution in [0, 0.1) is 0 Å². The van der Waals surface area contributed by atoms with Gasteiger partial charge in [-0.05, 0) is 110 Å². The van der Waals surface area contributed by atoms with E-state index in [4.69, 9.17) is 23.7 Å². The topological polar surface area (TPSA) is 50.9 Å². The second-order valence-corrected chi connectivity index (χ2v) is 15.9. The highest BCUT2D eigenvalue weighted by atomic mass is 16.3. The zero-order valence-electron chi connectivity index (χ0n) is 42.7. The number of para-hydroxylation sites is 2. The molecule has 8 aromatic rings. The minimum atomic E-state index is -3.37. The Labute approximate surface area is 351 Å². The van der Waals surface area contributed by atoms with Crippen molar-refractivity contribution in [2.45, 2.75) is 71.9 Å². The SMILES string of the molecule is [2H]C(C)(C)c1ccc(-n2c(-c3ccccc3O)nc3c(-c4cc(-c5cc(-c6ccc(C(C([2H])([2H])[2H])(C([2H])([2H])[2H])C([2H])([2H])[2H])cc6)ccn5)cc(C(C)(C)C)c4)cccc32)c(-c2ccccc2)c1. The average Bonchev–Trinajstić information content (AvgIpc) is 3.64. The quantitative estimate of drug-likeness (QED) is 0.176. The van der Waals surface area contributed by atoms with Gasteiger partial charge in [0.05, 0.1) is 28.0 Å². The summed E-state index contributed by atoms with van der Waals surface area (Å²) in [5, 5.41) is 11.4. The molecule has 0 saturated heterocycles. The van der Waals surface area contributed by atoms with Gasteiger partial charge in [0.15, 0.2) is 0 Å². The highest BCUT2D eigenvalue weighted by Crippen LogP contribution is 2.42. The zero-order chi connectivity index (χ0) is 48.5. The van der Waals surface area contributed by atoms with Crippen LogP contribution < -0.4 is 0 Å². The number of phenolic OH excluding ortho intramolecular Hbond substituents is 1. The van der Waals surface area contributed by atoms with Crippen molar-refractivity contribution in [2.24, 2.45) is 0 Å². The van der Waals surface area contributed by atoms with Crippen molar-refractivity contribution >= 4 is 11.0 Å². The van der Waals surface area contributed by atoms with Gasteiger partial charge in [-0.25, -0.2) is 4.98 Å². The molecule has 0 atom stereocenters. The molecule has 0 amide bonds. The molecule has 4 nitrogen and oxygen atoms in total. The fraction of sp³-hybridized carbons (Fsp3) is 0.208. The number of fused-ring (bicyclic) bond motifs is 1. The molecule has 6 aromatic carbocycles. The van der Waals surface area contributed by atoms with Crippen molar-refractivity contribution in [3.05, 3.63) is 168 Å². The number of imidazole rings is 1. The van der Waals surface area contributed by atoms with Crippen molar-refractivity contribution in [2.75, 3.05) is 0 Å². The zero-order valence-corrected chi connectivity index (χ0v) is 32.7. The Kier molecular flexibility index (Phi) is 7.04. The van der Waals surface area contributed by atoms with Gasteiger partial charge in [0.1, 0.15) is 11.6 Å². The Balaban J connectivity index is 1.31. The summed E-state index contributed by atoms with van der Waals surface area (Å²) in [4.78, 5) is 10.2. The van der Waals surface area contributed by atoms with Crippen molar-refractivity contribution < 1.29 is 18.8 Å². The van der Waals surface area contributed by atoms with Gasteiger partial charge in [-0.2, -0.15) is 0 Å². The summed E-state index contributed by atoms with van der Waals surface area (Å²) in [5.74, 6) is -0.245. The Hall–Kier alpha value is -6.26.